The van der Waals surface area contributed by atoms with Crippen molar-refractivity contribution in [3.05, 3.63) is 63.1 Å². The van der Waals surface area contributed by atoms with E-state index in [2.05, 4.69) is 32.4 Å². The van der Waals surface area contributed by atoms with E-state index in [0.717, 1.165) is 20.6 Å². The Morgan fingerprint density at radius 2 is 2.05 bits per heavy atom. The lowest BCUT2D eigenvalue weighted by Gasteiger charge is -2.07. The van der Waals surface area contributed by atoms with E-state index in [1.165, 1.54) is 0 Å². The highest BCUT2D eigenvalue weighted by Gasteiger charge is 2.02. The van der Waals surface area contributed by atoms with Crippen molar-refractivity contribution in [1.82, 2.24) is 5.43 Å². The maximum absolute atomic E-state index is 5.84. The molecule has 0 aliphatic heterocycles. The van der Waals surface area contributed by atoms with E-state index >= 15 is 0 Å². The van der Waals surface area contributed by atoms with Crippen molar-refractivity contribution in [3.63, 3.8) is 0 Å². The molecule has 112 valence electrons. The van der Waals surface area contributed by atoms with Crippen LogP contribution in [0.25, 0.3) is 0 Å². The average Bonchev–Trinajstić information content (AvgIpc) is 2.52. The first-order valence-electron chi connectivity index (χ1n) is 6.55. The van der Waals surface area contributed by atoms with Crippen molar-refractivity contribution in [3.8, 4) is 18.1 Å². The fraction of sp³-hybridized carbons (Fsp3) is 0.118. The molecule has 0 aliphatic carbocycles. The van der Waals surface area contributed by atoms with E-state index in [1.54, 1.807) is 6.21 Å². The standard InChI is InChI=1S/C17H14BrClN2O/c1-2-9-22-17-8-5-15(18)10-14(17)12-21-20-11-13-3-6-16(19)7-4-13/h1,3-8,10,12,20H,9,11H2/b21-12-. The molecule has 0 radical (unpaired) electrons. The fourth-order valence-electron chi connectivity index (χ4n) is 1.73. The summed E-state index contributed by atoms with van der Waals surface area (Å²) in [6.45, 7) is 0.836. The highest BCUT2D eigenvalue weighted by molar-refractivity contribution is 9.10. The van der Waals surface area contributed by atoms with Gasteiger partial charge >= 0.3 is 0 Å². The molecule has 5 heteroatoms. The number of halogens is 2. The first kappa shape index (κ1) is 16.4. The molecule has 0 amide bonds. The Balaban J connectivity index is 1.98. The molecule has 3 nitrogen and oxygen atoms in total. The predicted octanol–water partition coefficient (Wildman–Crippen LogP) is 4.24. The number of nitrogens with zero attached hydrogens (tertiary/aromatic N) is 1. The molecule has 0 aromatic heterocycles. The van der Waals surface area contributed by atoms with Crippen LogP contribution < -0.4 is 10.2 Å². The second-order valence-corrected chi connectivity index (χ2v) is 5.75. The molecule has 0 heterocycles. The summed E-state index contributed by atoms with van der Waals surface area (Å²) >= 11 is 9.27. The van der Waals surface area contributed by atoms with Crippen molar-refractivity contribution >= 4 is 33.7 Å². The fourth-order valence-corrected chi connectivity index (χ4v) is 2.23. The number of hydrazone groups is 1. The lowest BCUT2D eigenvalue weighted by Crippen LogP contribution is -2.06. The molecule has 2 rings (SSSR count). The zero-order valence-electron chi connectivity index (χ0n) is 11.7. The number of benzene rings is 2. The minimum Gasteiger partial charge on any atom is -0.480 e. The number of ether oxygens (including phenoxy) is 1. The molecule has 1 N–H and O–H groups in total. The molecule has 0 fully saturated rings. The topological polar surface area (TPSA) is 33.6 Å². The van der Waals surface area contributed by atoms with E-state index in [1.807, 2.05) is 42.5 Å². The van der Waals surface area contributed by atoms with Crippen molar-refractivity contribution in [2.24, 2.45) is 5.10 Å². The third-order valence-corrected chi connectivity index (χ3v) is 3.52. The highest BCUT2D eigenvalue weighted by atomic mass is 79.9. The molecule has 0 spiro atoms. The summed E-state index contributed by atoms with van der Waals surface area (Å²) in [6.07, 6.45) is 6.91. The van der Waals surface area contributed by atoms with Gasteiger partial charge in [-0.2, -0.15) is 5.10 Å². The molecule has 0 saturated carbocycles. The monoisotopic (exact) mass is 376 g/mol. The van der Waals surface area contributed by atoms with Crippen LogP contribution in [0.15, 0.2) is 52.0 Å². The van der Waals surface area contributed by atoms with Crippen LogP contribution in [-0.2, 0) is 6.54 Å². The number of hydrogen-bond acceptors (Lipinski definition) is 3. The van der Waals surface area contributed by atoms with Crippen molar-refractivity contribution in [1.29, 1.82) is 0 Å². The molecule has 0 saturated heterocycles. The average molecular weight is 378 g/mol. The second-order valence-electron chi connectivity index (χ2n) is 4.39. The molecule has 2 aromatic carbocycles. The maximum Gasteiger partial charge on any atom is 0.148 e. The van der Waals surface area contributed by atoms with Crippen LogP contribution in [0.5, 0.6) is 5.75 Å². The summed E-state index contributed by atoms with van der Waals surface area (Å²) in [6, 6.07) is 13.3. The molecule has 0 aliphatic rings. The van der Waals surface area contributed by atoms with Crippen molar-refractivity contribution < 1.29 is 4.74 Å². The van der Waals surface area contributed by atoms with Gasteiger partial charge in [0.2, 0.25) is 0 Å². The Morgan fingerprint density at radius 1 is 1.27 bits per heavy atom. The zero-order chi connectivity index (χ0) is 15.8. The molecular weight excluding hydrogens is 364 g/mol. The normalized spacial score (nSPS) is 10.4. The maximum atomic E-state index is 5.84. The Kier molecular flexibility index (Phi) is 6.32. The molecule has 0 unspecified atom stereocenters. The van der Waals surface area contributed by atoms with Gasteiger partial charge in [-0.25, -0.2) is 0 Å². The first-order chi connectivity index (χ1) is 10.7. The van der Waals surface area contributed by atoms with Gasteiger partial charge in [0.25, 0.3) is 0 Å². The van der Waals surface area contributed by atoms with Gasteiger partial charge in [0, 0.05) is 15.1 Å². The summed E-state index contributed by atoms with van der Waals surface area (Å²) in [5, 5.41) is 4.93. The summed E-state index contributed by atoms with van der Waals surface area (Å²) in [5.74, 6) is 3.14. The van der Waals surface area contributed by atoms with Crippen LogP contribution >= 0.6 is 27.5 Å². The Labute approximate surface area is 143 Å². The smallest absolute Gasteiger partial charge is 0.148 e. The van der Waals surface area contributed by atoms with Crippen molar-refractivity contribution in [2.45, 2.75) is 6.54 Å². The molecule has 22 heavy (non-hydrogen) atoms. The minimum atomic E-state index is 0.223. The van der Waals surface area contributed by atoms with Gasteiger partial charge in [-0.05, 0) is 35.9 Å². The highest BCUT2D eigenvalue weighted by Crippen LogP contribution is 2.21. The van der Waals surface area contributed by atoms with Crippen LogP contribution in [0.3, 0.4) is 0 Å². The molecule has 2 aromatic rings. The van der Waals surface area contributed by atoms with Gasteiger partial charge in [-0.3, -0.25) is 0 Å². The summed E-state index contributed by atoms with van der Waals surface area (Å²) < 4.78 is 6.42. The van der Waals surface area contributed by atoms with Gasteiger partial charge in [0.05, 0.1) is 12.8 Å². The third-order valence-electron chi connectivity index (χ3n) is 2.77. The number of rotatable bonds is 6. The summed E-state index contributed by atoms with van der Waals surface area (Å²) in [4.78, 5) is 0. The first-order valence-corrected chi connectivity index (χ1v) is 7.72. The predicted molar refractivity (Wildman–Crippen MR) is 94.4 cm³/mol. The van der Waals surface area contributed by atoms with Crippen LogP contribution in [-0.4, -0.2) is 12.8 Å². The lowest BCUT2D eigenvalue weighted by molar-refractivity contribution is 0.370. The van der Waals surface area contributed by atoms with E-state index in [-0.39, 0.29) is 6.61 Å². The second kappa shape index (κ2) is 8.47. The van der Waals surface area contributed by atoms with Crippen LogP contribution in [0, 0.1) is 12.3 Å². The zero-order valence-corrected chi connectivity index (χ0v) is 14.1. The number of terminal acetylenes is 1. The number of nitrogens with one attached hydrogen (secondary N) is 1. The lowest BCUT2D eigenvalue weighted by atomic mass is 10.2. The SMILES string of the molecule is C#CCOc1ccc(Br)cc1/C=N\NCc1ccc(Cl)cc1. The van der Waals surface area contributed by atoms with Gasteiger partial charge in [-0.15, -0.1) is 6.42 Å². The Morgan fingerprint density at radius 3 is 2.77 bits per heavy atom. The van der Waals surface area contributed by atoms with Crippen molar-refractivity contribution in [2.75, 3.05) is 6.61 Å². The van der Waals surface area contributed by atoms with Crippen LogP contribution in [0.2, 0.25) is 5.02 Å². The van der Waals surface area contributed by atoms with Crippen LogP contribution in [0.1, 0.15) is 11.1 Å². The van der Waals surface area contributed by atoms with Gasteiger partial charge in [-0.1, -0.05) is 45.6 Å². The third kappa shape index (κ3) is 5.10. The van der Waals surface area contributed by atoms with Gasteiger partial charge in [0.1, 0.15) is 12.4 Å². The van der Waals surface area contributed by atoms with Gasteiger partial charge in [0.15, 0.2) is 0 Å². The van der Waals surface area contributed by atoms with E-state index < -0.39 is 0 Å². The molecular formula is C17H14BrClN2O. The quantitative estimate of drug-likeness (QED) is 0.464. The van der Waals surface area contributed by atoms with E-state index in [4.69, 9.17) is 22.8 Å². The van der Waals surface area contributed by atoms with E-state index in [9.17, 15) is 0 Å². The molecule has 0 atom stereocenters. The molecule has 0 bridgehead atoms. The largest absolute Gasteiger partial charge is 0.480 e. The Hall–Kier alpha value is -1.96. The Bertz CT molecular complexity index is 693. The summed E-state index contributed by atoms with van der Waals surface area (Å²) in [5.41, 5.74) is 4.93. The van der Waals surface area contributed by atoms with Crippen LogP contribution in [0.4, 0.5) is 0 Å². The number of hydrogen-bond donors (Lipinski definition) is 1. The van der Waals surface area contributed by atoms with Gasteiger partial charge < -0.3 is 10.2 Å². The van der Waals surface area contributed by atoms with E-state index in [0.29, 0.717) is 12.3 Å². The summed E-state index contributed by atoms with van der Waals surface area (Å²) in [7, 11) is 0. The minimum absolute atomic E-state index is 0.223.